The van der Waals surface area contributed by atoms with Gasteiger partial charge in [-0.15, -0.1) is 22.0 Å². The van der Waals surface area contributed by atoms with Crippen LogP contribution in [0.1, 0.15) is 11.4 Å². The largest absolute Gasteiger partial charge is 0.369 e. The third kappa shape index (κ3) is 4.64. The molecule has 0 spiro atoms. The normalized spacial score (nSPS) is 10.8. The van der Waals surface area contributed by atoms with Gasteiger partial charge in [0.15, 0.2) is 5.16 Å². The van der Waals surface area contributed by atoms with E-state index in [0.717, 1.165) is 11.5 Å². The molecule has 0 aliphatic rings. The summed E-state index contributed by atoms with van der Waals surface area (Å²) < 4.78 is 1.98. The molecule has 3 aromatic rings. The fourth-order valence-corrected chi connectivity index (χ4v) is 3.76. The molecule has 1 heterocycles. The van der Waals surface area contributed by atoms with Gasteiger partial charge in [-0.25, -0.2) is 0 Å². The van der Waals surface area contributed by atoms with Crippen molar-refractivity contribution in [2.24, 2.45) is 5.73 Å². The Balaban J connectivity index is 1.85. The number of nitrogens with zero attached hydrogens (tertiary/aromatic N) is 3. The van der Waals surface area contributed by atoms with Crippen LogP contribution in [0.25, 0.3) is 5.69 Å². The number of para-hydroxylation sites is 1. The fourth-order valence-electron chi connectivity index (χ4n) is 2.24. The Labute approximate surface area is 155 Å². The topological polar surface area (TPSA) is 73.8 Å². The van der Waals surface area contributed by atoms with Crippen molar-refractivity contribution in [3.05, 3.63) is 66.0 Å². The van der Waals surface area contributed by atoms with Crippen LogP contribution in [0.4, 0.5) is 0 Å². The zero-order valence-corrected chi connectivity index (χ0v) is 15.4. The minimum atomic E-state index is -0.372. The van der Waals surface area contributed by atoms with Crippen LogP contribution in [-0.4, -0.2) is 26.4 Å². The summed E-state index contributed by atoms with van der Waals surface area (Å²) in [7, 11) is 0. The number of hydrogen-bond donors (Lipinski definition) is 1. The summed E-state index contributed by atoms with van der Waals surface area (Å²) in [6.45, 7) is 2.07. The first-order valence-corrected chi connectivity index (χ1v) is 9.71. The molecule has 1 aromatic heterocycles. The van der Waals surface area contributed by atoms with Gasteiger partial charge in [0.05, 0.1) is 11.5 Å². The van der Waals surface area contributed by atoms with Crippen molar-refractivity contribution in [3.63, 3.8) is 0 Å². The van der Waals surface area contributed by atoms with E-state index in [0.29, 0.717) is 10.9 Å². The molecule has 128 valence electrons. The van der Waals surface area contributed by atoms with E-state index in [1.54, 1.807) is 11.8 Å². The summed E-state index contributed by atoms with van der Waals surface area (Å²) in [5, 5.41) is 9.24. The van der Waals surface area contributed by atoms with E-state index in [1.165, 1.54) is 22.2 Å². The summed E-state index contributed by atoms with van der Waals surface area (Å²) in [5.41, 5.74) is 7.47. The van der Waals surface area contributed by atoms with Gasteiger partial charge < -0.3 is 5.73 Å². The first-order valence-electron chi connectivity index (χ1n) is 7.74. The molecule has 5 nitrogen and oxygen atoms in total. The predicted molar refractivity (Wildman–Crippen MR) is 102 cm³/mol. The van der Waals surface area contributed by atoms with Gasteiger partial charge in [0.25, 0.3) is 0 Å². The van der Waals surface area contributed by atoms with Crippen LogP contribution in [0, 0.1) is 6.92 Å². The second kappa shape index (κ2) is 8.22. The lowest BCUT2D eigenvalue weighted by Crippen LogP contribution is -2.13. The predicted octanol–water partition coefficient (Wildman–Crippen LogP) is 3.45. The van der Waals surface area contributed by atoms with E-state index in [4.69, 9.17) is 5.73 Å². The molecule has 0 fully saturated rings. The van der Waals surface area contributed by atoms with Crippen molar-refractivity contribution >= 4 is 29.4 Å². The summed E-state index contributed by atoms with van der Waals surface area (Å²) >= 11 is 3.00. The highest BCUT2D eigenvalue weighted by atomic mass is 32.2. The Morgan fingerprint density at radius 1 is 1.04 bits per heavy atom. The SMILES string of the molecule is Cc1ccc(SCc2nnc(SCC(N)=O)n2-c2ccccc2)cc1. The average molecular weight is 371 g/mol. The quantitative estimate of drug-likeness (QED) is 0.645. The maximum Gasteiger partial charge on any atom is 0.227 e. The third-order valence-corrected chi connectivity index (χ3v) is 5.41. The minimum absolute atomic E-state index is 0.177. The maximum atomic E-state index is 11.1. The average Bonchev–Trinajstić information content (AvgIpc) is 3.03. The van der Waals surface area contributed by atoms with Crippen molar-refractivity contribution in [2.75, 3.05) is 5.75 Å². The number of aryl methyl sites for hydroxylation is 1. The van der Waals surface area contributed by atoms with E-state index in [9.17, 15) is 4.79 Å². The number of benzene rings is 2. The van der Waals surface area contributed by atoms with Crippen molar-refractivity contribution in [3.8, 4) is 5.69 Å². The molecule has 0 aliphatic heterocycles. The molecule has 2 N–H and O–H groups in total. The van der Waals surface area contributed by atoms with Gasteiger partial charge in [-0.1, -0.05) is 47.7 Å². The van der Waals surface area contributed by atoms with E-state index in [-0.39, 0.29) is 11.7 Å². The minimum Gasteiger partial charge on any atom is -0.369 e. The van der Waals surface area contributed by atoms with Crippen LogP contribution in [0.5, 0.6) is 0 Å². The number of nitrogens with two attached hydrogens (primary N) is 1. The summed E-state index contributed by atoms with van der Waals surface area (Å²) in [5.74, 6) is 1.32. The van der Waals surface area contributed by atoms with Crippen LogP contribution < -0.4 is 5.73 Å². The molecular weight excluding hydrogens is 352 g/mol. The highest BCUT2D eigenvalue weighted by Crippen LogP contribution is 2.27. The lowest BCUT2D eigenvalue weighted by Gasteiger charge is -2.09. The van der Waals surface area contributed by atoms with E-state index in [1.807, 2.05) is 34.9 Å². The molecule has 0 saturated heterocycles. The monoisotopic (exact) mass is 370 g/mol. The molecule has 0 atom stereocenters. The second-order valence-corrected chi connectivity index (χ2v) is 7.42. The van der Waals surface area contributed by atoms with Gasteiger partial charge in [-0.2, -0.15) is 0 Å². The Morgan fingerprint density at radius 3 is 2.44 bits per heavy atom. The fraction of sp³-hybridized carbons (Fsp3) is 0.167. The number of thioether (sulfide) groups is 2. The zero-order valence-electron chi connectivity index (χ0n) is 13.8. The lowest BCUT2D eigenvalue weighted by molar-refractivity contribution is -0.115. The summed E-state index contributed by atoms with van der Waals surface area (Å²) in [6.07, 6.45) is 0. The van der Waals surface area contributed by atoms with Gasteiger partial charge in [0, 0.05) is 10.6 Å². The van der Waals surface area contributed by atoms with Crippen LogP contribution in [0.3, 0.4) is 0 Å². The van der Waals surface area contributed by atoms with Gasteiger partial charge in [-0.3, -0.25) is 9.36 Å². The van der Waals surface area contributed by atoms with Crippen LogP contribution in [-0.2, 0) is 10.5 Å². The summed E-state index contributed by atoms with van der Waals surface area (Å²) in [6, 6.07) is 18.3. The standard InChI is InChI=1S/C18H18N4OS2/c1-13-7-9-15(10-8-13)24-12-17-20-21-18(25-11-16(19)23)22(17)14-5-3-2-4-6-14/h2-10H,11-12H2,1H3,(H2,19,23). The van der Waals surface area contributed by atoms with Gasteiger partial charge in [0.1, 0.15) is 5.82 Å². The number of hydrogen-bond acceptors (Lipinski definition) is 5. The number of carbonyl (C=O) groups excluding carboxylic acids is 1. The van der Waals surface area contributed by atoms with Crippen molar-refractivity contribution in [1.82, 2.24) is 14.8 Å². The molecule has 7 heteroatoms. The molecule has 1 amide bonds. The number of amides is 1. The highest BCUT2D eigenvalue weighted by Gasteiger charge is 2.15. The Kier molecular flexibility index (Phi) is 5.78. The maximum absolute atomic E-state index is 11.1. The number of primary amides is 1. The lowest BCUT2D eigenvalue weighted by atomic mass is 10.2. The van der Waals surface area contributed by atoms with Crippen LogP contribution >= 0.6 is 23.5 Å². The van der Waals surface area contributed by atoms with Gasteiger partial charge in [0.2, 0.25) is 5.91 Å². The molecular formula is C18H18N4OS2. The molecule has 25 heavy (non-hydrogen) atoms. The smallest absolute Gasteiger partial charge is 0.227 e. The van der Waals surface area contributed by atoms with Gasteiger partial charge >= 0.3 is 0 Å². The van der Waals surface area contributed by atoms with Crippen LogP contribution in [0.2, 0.25) is 0 Å². The molecule has 0 aliphatic carbocycles. The van der Waals surface area contributed by atoms with E-state index < -0.39 is 0 Å². The molecule has 2 aromatic carbocycles. The molecule has 3 rings (SSSR count). The van der Waals surface area contributed by atoms with E-state index in [2.05, 4.69) is 41.4 Å². The number of carbonyl (C=O) groups is 1. The molecule has 0 radical (unpaired) electrons. The molecule has 0 bridgehead atoms. The van der Waals surface area contributed by atoms with Crippen molar-refractivity contribution < 1.29 is 4.79 Å². The number of rotatable bonds is 7. The van der Waals surface area contributed by atoms with E-state index >= 15 is 0 Å². The third-order valence-electron chi connectivity index (χ3n) is 3.45. The molecule has 0 saturated carbocycles. The second-order valence-electron chi connectivity index (χ2n) is 5.43. The zero-order chi connectivity index (χ0) is 17.6. The number of aromatic nitrogens is 3. The summed E-state index contributed by atoms with van der Waals surface area (Å²) in [4.78, 5) is 12.3. The van der Waals surface area contributed by atoms with Gasteiger partial charge in [-0.05, 0) is 31.2 Å². The highest BCUT2D eigenvalue weighted by molar-refractivity contribution is 7.99. The first kappa shape index (κ1) is 17.6. The Morgan fingerprint density at radius 2 is 1.76 bits per heavy atom. The van der Waals surface area contributed by atoms with Crippen molar-refractivity contribution in [1.29, 1.82) is 0 Å². The van der Waals surface area contributed by atoms with Crippen LogP contribution in [0.15, 0.2) is 64.6 Å². The van der Waals surface area contributed by atoms with Crippen molar-refractivity contribution in [2.45, 2.75) is 22.7 Å². The first-order chi connectivity index (χ1) is 12.1. The Bertz CT molecular complexity index is 847. The Hall–Kier alpha value is -2.25. The molecule has 0 unspecified atom stereocenters.